The zero-order chi connectivity index (χ0) is 18.2. The number of benzene rings is 1. The number of anilines is 2. The Bertz CT molecular complexity index is 943. The number of rotatable bonds is 4. The predicted octanol–water partition coefficient (Wildman–Crippen LogP) is 2.47. The molecule has 1 aromatic heterocycles. The number of ketones is 1. The molecule has 0 aliphatic heterocycles. The molecule has 0 fully saturated rings. The van der Waals surface area contributed by atoms with E-state index in [1.807, 2.05) is 0 Å². The van der Waals surface area contributed by atoms with Crippen LogP contribution in [0.2, 0.25) is 0 Å². The van der Waals surface area contributed by atoms with E-state index in [9.17, 15) is 18.0 Å². The summed E-state index contributed by atoms with van der Waals surface area (Å²) in [6.45, 7) is 1.77. The van der Waals surface area contributed by atoms with E-state index in [4.69, 9.17) is 0 Å². The van der Waals surface area contributed by atoms with Gasteiger partial charge in [0.05, 0.1) is 6.26 Å². The van der Waals surface area contributed by atoms with Crippen molar-refractivity contribution in [3.63, 3.8) is 0 Å². The Morgan fingerprint density at radius 2 is 1.76 bits per heavy atom. The van der Waals surface area contributed by atoms with Gasteiger partial charge in [-0.3, -0.25) is 14.3 Å². The predicted molar refractivity (Wildman–Crippen MR) is 95.7 cm³/mol. The molecule has 8 heteroatoms. The van der Waals surface area contributed by atoms with Crippen molar-refractivity contribution in [2.45, 2.75) is 26.2 Å². The van der Waals surface area contributed by atoms with Gasteiger partial charge >= 0.3 is 0 Å². The maximum Gasteiger partial charge on any atom is 0.272 e. The summed E-state index contributed by atoms with van der Waals surface area (Å²) in [4.78, 5) is 27.6. The highest BCUT2D eigenvalue weighted by atomic mass is 32.2. The van der Waals surface area contributed by atoms with E-state index in [0.717, 1.165) is 24.8 Å². The molecule has 0 bridgehead atoms. The smallest absolute Gasteiger partial charge is 0.272 e. The van der Waals surface area contributed by atoms with Crippen LogP contribution in [-0.4, -0.2) is 31.3 Å². The van der Waals surface area contributed by atoms with Gasteiger partial charge in [0.2, 0.25) is 10.0 Å². The number of Topliss-reactive ketones (excluding diaryl/α,β-unsaturated/α-hetero) is 1. The van der Waals surface area contributed by atoms with Gasteiger partial charge in [-0.1, -0.05) is 0 Å². The number of hydrogen-bond donors (Lipinski definition) is 3. The summed E-state index contributed by atoms with van der Waals surface area (Å²) < 4.78 is 24.7. The molecular formula is C17H19N3O4S. The molecule has 1 aliphatic rings. The highest BCUT2D eigenvalue weighted by Crippen LogP contribution is 2.27. The third-order valence-electron chi connectivity index (χ3n) is 4.11. The van der Waals surface area contributed by atoms with Crippen LogP contribution in [0.15, 0.2) is 24.3 Å². The molecule has 0 radical (unpaired) electrons. The SMILES string of the molecule is Cc1c(C(=O)Nc2ccc(NS(C)(=O)=O)cc2)[nH]c2c1C(=O)CCC2. The first-order chi connectivity index (χ1) is 11.7. The average molecular weight is 361 g/mol. The summed E-state index contributed by atoms with van der Waals surface area (Å²) in [5.74, 6) is -0.256. The maximum atomic E-state index is 12.5. The number of carbonyl (C=O) groups is 2. The second kappa shape index (κ2) is 6.36. The second-order valence-corrected chi connectivity index (χ2v) is 7.91. The molecule has 7 nitrogen and oxygen atoms in total. The molecule has 3 rings (SSSR count). The molecule has 1 heterocycles. The first-order valence-corrected chi connectivity index (χ1v) is 9.77. The number of carbonyl (C=O) groups excluding carboxylic acids is 2. The topological polar surface area (TPSA) is 108 Å². The van der Waals surface area contributed by atoms with Crippen LogP contribution < -0.4 is 10.0 Å². The first kappa shape index (κ1) is 17.2. The quantitative estimate of drug-likeness (QED) is 0.777. The molecule has 1 amide bonds. The fourth-order valence-corrected chi connectivity index (χ4v) is 3.59. The summed E-state index contributed by atoms with van der Waals surface area (Å²) in [5.41, 5.74) is 3.47. The third-order valence-corrected chi connectivity index (χ3v) is 4.72. The van der Waals surface area contributed by atoms with Crippen LogP contribution in [0, 0.1) is 6.92 Å². The minimum atomic E-state index is -3.34. The lowest BCUT2D eigenvalue weighted by Gasteiger charge is -2.09. The number of hydrogen-bond acceptors (Lipinski definition) is 4. The molecule has 3 N–H and O–H groups in total. The molecule has 25 heavy (non-hydrogen) atoms. The Labute approximate surface area is 145 Å². The molecular weight excluding hydrogens is 342 g/mol. The summed E-state index contributed by atoms with van der Waals surface area (Å²) >= 11 is 0. The summed E-state index contributed by atoms with van der Waals surface area (Å²) in [5, 5.41) is 2.75. The van der Waals surface area contributed by atoms with Gasteiger partial charge in [0.1, 0.15) is 5.69 Å². The van der Waals surface area contributed by atoms with Crippen LogP contribution >= 0.6 is 0 Å². The van der Waals surface area contributed by atoms with Crippen molar-refractivity contribution in [1.82, 2.24) is 4.98 Å². The molecule has 0 saturated heterocycles. The fraction of sp³-hybridized carbons (Fsp3) is 0.294. The van der Waals surface area contributed by atoms with Gasteiger partial charge in [-0.2, -0.15) is 0 Å². The zero-order valence-corrected chi connectivity index (χ0v) is 14.8. The molecule has 0 unspecified atom stereocenters. The van der Waals surface area contributed by atoms with E-state index >= 15 is 0 Å². The summed E-state index contributed by atoms with van der Waals surface area (Å²) in [6, 6.07) is 6.34. The second-order valence-electron chi connectivity index (χ2n) is 6.16. The van der Waals surface area contributed by atoms with Crippen molar-refractivity contribution < 1.29 is 18.0 Å². The standard InChI is InChI=1S/C17H19N3O4S/c1-10-15-13(4-3-5-14(15)21)19-16(10)17(22)18-11-6-8-12(9-7-11)20-25(2,23)24/h6-9,19-20H,3-5H2,1-2H3,(H,18,22). The summed E-state index contributed by atoms with van der Waals surface area (Å²) in [7, 11) is -3.34. The van der Waals surface area contributed by atoms with Crippen LogP contribution in [0.3, 0.4) is 0 Å². The van der Waals surface area contributed by atoms with Gasteiger partial charge in [-0.15, -0.1) is 0 Å². The zero-order valence-electron chi connectivity index (χ0n) is 14.0. The van der Waals surface area contributed by atoms with Crippen molar-refractivity contribution in [3.8, 4) is 0 Å². The number of sulfonamides is 1. The van der Waals surface area contributed by atoms with Crippen molar-refractivity contribution in [3.05, 3.63) is 46.8 Å². The number of nitrogens with one attached hydrogen (secondary N) is 3. The van der Waals surface area contributed by atoms with E-state index in [-0.39, 0.29) is 11.7 Å². The highest BCUT2D eigenvalue weighted by molar-refractivity contribution is 7.92. The molecule has 1 aliphatic carbocycles. The number of amides is 1. The number of aryl methyl sites for hydroxylation is 1. The van der Waals surface area contributed by atoms with E-state index in [0.29, 0.717) is 34.6 Å². The first-order valence-electron chi connectivity index (χ1n) is 7.88. The van der Waals surface area contributed by atoms with Crippen molar-refractivity contribution in [1.29, 1.82) is 0 Å². The minimum absolute atomic E-state index is 0.0743. The monoisotopic (exact) mass is 361 g/mol. The normalized spacial score (nSPS) is 14.1. The average Bonchev–Trinajstić information content (AvgIpc) is 2.86. The van der Waals surface area contributed by atoms with Crippen LogP contribution in [0.5, 0.6) is 0 Å². The molecule has 132 valence electrons. The minimum Gasteiger partial charge on any atom is -0.354 e. The van der Waals surface area contributed by atoms with Crippen molar-refractivity contribution in [2.75, 3.05) is 16.3 Å². The van der Waals surface area contributed by atoms with Crippen LogP contribution in [-0.2, 0) is 16.4 Å². The fourth-order valence-electron chi connectivity index (χ4n) is 3.03. The summed E-state index contributed by atoms with van der Waals surface area (Å²) in [6.07, 6.45) is 3.14. The Morgan fingerprint density at radius 3 is 2.36 bits per heavy atom. The number of fused-ring (bicyclic) bond motifs is 1. The maximum absolute atomic E-state index is 12.5. The van der Waals surface area contributed by atoms with Crippen molar-refractivity contribution >= 4 is 33.1 Å². The van der Waals surface area contributed by atoms with Crippen LogP contribution in [0.1, 0.15) is 44.9 Å². The van der Waals surface area contributed by atoms with Gasteiger partial charge in [0.15, 0.2) is 5.78 Å². The van der Waals surface area contributed by atoms with E-state index in [1.54, 1.807) is 31.2 Å². The molecule has 0 atom stereocenters. The Balaban J connectivity index is 1.78. The Kier molecular flexibility index (Phi) is 4.38. The van der Waals surface area contributed by atoms with E-state index < -0.39 is 10.0 Å². The number of H-pyrrole nitrogens is 1. The number of aromatic amines is 1. The van der Waals surface area contributed by atoms with Gasteiger partial charge in [-0.05, 0) is 49.6 Å². The van der Waals surface area contributed by atoms with E-state index in [1.165, 1.54) is 0 Å². The third kappa shape index (κ3) is 3.74. The lowest BCUT2D eigenvalue weighted by atomic mass is 9.94. The van der Waals surface area contributed by atoms with Gasteiger partial charge in [-0.25, -0.2) is 8.42 Å². The van der Waals surface area contributed by atoms with Gasteiger partial charge in [0, 0.05) is 29.1 Å². The van der Waals surface area contributed by atoms with Gasteiger partial charge in [0.25, 0.3) is 5.91 Å². The molecule has 2 aromatic rings. The molecule has 0 spiro atoms. The van der Waals surface area contributed by atoms with Gasteiger partial charge < -0.3 is 10.3 Å². The van der Waals surface area contributed by atoms with Crippen LogP contribution in [0.4, 0.5) is 11.4 Å². The lowest BCUT2D eigenvalue weighted by molar-refractivity contribution is 0.0971. The lowest BCUT2D eigenvalue weighted by Crippen LogP contribution is -2.14. The van der Waals surface area contributed by atoms with Crippen molar-refractivity contribution in [2.24, 2.45) is 0 Å². The van der Waals surface area contributed by atoms with E-state index in [2.05, 4.69) is 15.0 Å². The molecule has 1 aromatic carbocycles. The Morgan fingerprint density at radius 1 is 1.12 bits per heavy atom. The molecule has 0 saturated carbocycles. The number of aromatic nitrogens is 1. The largest absolute Gasteiger partial charge is 0.354 e. The van der Waals surface area contributed by atoms with Crippen LogP contribution in [0.25, 0.3) is 0 Å². The highest BCUT2D eigenvalue weighted by Gasteiger charge is 2.26. The Hall–Kier alpha value is -2.61.